The molecular weight excluding hydrogens is 356 g/mol. The van der Waals surface area contributed by atoms with E-state index in [-0.39, 0.29) is 18.7 Å². The van der Waals surface area contributed by atoms with Gasteiger partial charge in [-0.15, -0.1) is 0 Å². The normalized spacial score (nSPS) is 14.6. The monoisotopic (exact) mass is 380 g/mol. The fraction of sp³-hybridized carbons (Fsp3) is 0.350. The first-order valence-electron chi connectivity index (χ1n) is 9.43. The largest absolute Gasteiger partial charge is 0.394 e. The highest BCUT2D eigenvalue weighted by molar-refractivity contribution is 5.80. The van der Waals surface area contributed by atoms with Crippen LogP contribution in [0.5, 0.6) is 0 Å². The summed E-state index contributed by atoms with van der Waals surface area (Å²) in [5, 5.41) is 16.4. The first-order valence-corrected chi connectivity index (χ1v) is 9.43. The molecule has 28 heavy (non-hydrogen) atoms. The van der Waals surface area contributed by atoms with Crippen molar-refractivity contribution < 1.29 is 9.90 Å². The fourth-order valence-corrected chi connectivity index (χ4v) is 3.31. The van der Waals surface area contributed by atoms with Crippen molar-refractivity contribution in [2.75, 3.05) is 18.5 Å². The topological polar surface area (TPSA) is 106 Å². The van der Waals surface area contributed by atoms with E-state index >= 15 is 0 Å². The number of rotatable bonds is 5. The number of nitrogens with one attached hydrogen (secondary N) is 3. The third-order valence-corrected chi connectivity index (χ3v) is 4.95. The average Bonchev–Trinajstić information content (AvgIpc) is 3.19. The van der Waals surface area contributed by atoms with Crippen molar-refractivity contribution in [3.8, 4) is 0 Å². The molecule has 3 aromatic rings. The van der Waals surface area contributed by atoms with E-state index in [1.165, 1.54) is 0 Å². The van der Waals surface area contributed by atoms with E-state index in [0.29, 0.717) is 25.6 Å². The standard InChI is InChI=1S/C20H24N6O2/c1-13(12-27)24-19-22-10-16-5-7-26(11-18(16)25-19)20(28)23-9-14-2-3-15-4-6-21-17(15)8-14/h2-4,6,8,10,13,21,27H,5,7,9,11-12H2,1H3,(H,23,28)(H,22,24,25). The molecule has 0 saturated carbocycles. The van der Waals surface area contributed by atoms with Gasteiger partial charge in [0.2, 0.25) is 5.95 Å². The Hall–Kier alpha value is -3.13. The van der Waals surface area contributed by atoms with Crippen LogP contribution in [0, 0.1) is 0 Å². The Bertz CT molecular complexity index is 986. The van der Waals surface area contributed by atoms with Crippen molar-refractivity contribution in [3.63, 3.8) is 0 Å². The van der Waals surface area contributed by atoms with E-state index < -0.39 is 0 Å². The number of nitrogens with zero attached hydrogens (tertiary/aromatic N) is 3. The molecule has 0 bridgehead atoms. The van der Waals surface area contributed by atoms with Crippen LogP contribution in [0.2, 0.25) is 0 Å². The Morgan fingerprint density at radius 2 is 2.29 bits per heavy atom. The van der Waals surface area contributed by atoms with Crippen LogP contribution in [0.4, 0.5) is 10.7 Å². The number of aromatic nitrogens is 3. The average molecular weight is 380 g/mol. The van der Waals surface area contributed by atoms with E-state index in [9.17, 15) is 4.79 Å². The van der Waals surface area contributed by atoms with Gasteiger partial charge in [0.15, 0.2) is 0 Å². The SMILES string of the molecule is CC(CO)Nc1ncc2c(n1)CN(C(=O)NCc1ccc3cc[nH]c3c1)CC2. The lowest BCUT2D eigenvalue weighted by atomic mass is 10.1. The highest BCUT2D eigenvalue weighted by Gasteiger charge is 2.22. The molecule has 1 unspecified atom stereocenters. The summed E-state index contributed by atoms with van der Waals surface area (Å²) in [6, 6.07) is 7.91. The molecule has 1 aliphatic heterocycles. The first kappa shape index (κ1) is 18.2. The molecule has 8 heteroatoms. The number of urea groups is 1. The van der Waals surface area contributed by atoms with Gasteiger partial charge in [-0.3, -0.25) is 0 Å². The molecule has 2 aromatic heterocycles. The number of hydrogen-bond donors (Lipinski definition) is 4. The van der Waals surface area contributed by atoms with E-state index in [2.05, 4.69) is 31.7 Å². The maximum absolute atomic E-state index is 12.6. The number of aromatic amines is 1. The summed E-state index contributed by atoms with van der Waals surface area (Å²) >= 11 is 0. The molecule has 0 fully saturated rings. The predicted octanol–water partition coefficient (Wildman–Crippen LogP) is 2.02. The van der Waals surface area contributed by atoms with Crippen molar-refractivity contribution in [2.45, 2.75) is 32.5 Å². The molecule has 4 rings (SSSR count). The minimum absolute atomic E-state index is 0.00323. The Kier molecular flexibility index (Phi) is 5.12. The van der Waals surface area contributed by atoms with Crippen LogP contribution in [-0.2, 0) is 19.5 Å². The van der Waals surface area contributed by atoms with Gasteiger partial charge in [0.1, 0.15) is 0 Å². The molecule has 1 aromatic carbocycles. The third-order valence-electron chi connectivity index (χ3n) is 4.95. The summed E-state index contributed by atoms with van der Waals surface area (Å²) in [6.07, 6.45) is 4.44. The van der Waals surface area contributed by atoms with Crippen LogP contribution < -0.4 is 10.6 Å². The summed E-state index contributed by atoms with van der Waals surface area (Å²) in [5.74, 6) is 0.474. The minimum atomic E-state index is -0.127. The second kappa shape index (κ2) is 7.85. The number of carbonyl (C=O) groups excluding carboxylic acids is 1. The smallest absolute Gasteiger partial charge is 0.318 e. The van der Waals surface area contributed by atoms with Crippen molar-refractivity contribution in [1.82, 2.24) is 25.2 Å². The van der Waals surface area contributed by atoms with Gasteiger partial charge in [0, 0.05) is 37.0 Å². The molecule has 1 atom stereocenters. The number of aliphatic hydroxyl groups excluding tert-OH is 1. The summed E-state index contributed by atoms with van der Waals surface area (Å²) < 4.78 is 0. The van der Waals surface area contributed by atoms with Gasteiger partial charge in [0.05, 0.1) is 18.8 Å². The molecule has 3 heterocycles. The van der Waals surface area contributed by atoms with Gasteiger partial charge in [-0.05, 0) is 42.0 Å². The summed E-state index contributed by atoms with van der Waals surface area (Å²) in [6.45, 7) is 3.41. The Labute approximate surface area is 163 Å². The number of H-pyrrole nitrogens is 1. The van der Waals surface area contributed by atoms with Crippen molar-refractivity contribution in [1.29, 1.82) is 0 Å². The van der Waals surface area contributed by atoms with Gasteiger partial charge >= 0.3 is 6.03 Å². The molecule has 1 aliphatic rings. The predicted molar refractivity (Wildman–Crippen MR) is 107 cm³/mol. The van der Waals surface area contributed by atoms with E-state index in [1.807, 2.05) is 31.3 Å². The summed E-state index contributed by atoms with van der Waals surface area (Å²) in [5.41, 5.74) is 4.01. The zero-order valence-electron chi connectivity index (χ0n) is 15.8. The number of anilines is 1. The molecule has 0 radical (unpaired) electrons. The quantitative estimate of drug-likeness (QED) is 0.542. The maximum atomic E-state index is 12.6. The molecule has 146 valence electrons. The number of fused-ring (bicyclic) bond motifs is 2. The first-order chi connectivity index (χ1) is 13.6. The highest BCUT2D eigenvalue weighted by atomic mass is 16.3. The van der Waals surface area contributed by atoms with Crippen LogP contribution in [0.25, 0.3) is 10.9 Å². The molecule has 2 amide bonds. The van der Waals surface area contributed by atoms with Crippen LogP contribution in [-0.4, -0.2) is 50.2 Å². The zero-order chi connectivity index (χ0) is 19.5. The van der Waals surface area contributed by atoms with Crippen molar-refractivity contribution in [3.05, 3.63) is 53.5 Å². The van der Waals surface area contributed by atoms with Gasteiger partial charge in [-0.25, -0.2) is 14.8 Å². The van der Waals surface area contributed by atoms with Crippen molar-refractivity contribution in [2.24, 2.45) is 0 Å². The van der Waals surface area contributed by atoms with E-state index in [4.69, 9.17) is 5.11 Å². The van der Waals surface area contributed by atoms with Crippen LogP contribution in [0.3, 0.4) is 0 Å². The minimum Gasteiger partial charge on any atom is -0.394 e. The summed E-state index contributed by atoms with van der Waals surface area (Å²) in [7, 11) is 0. The number of amides is 2. The van der Waals surface area contributed by atoms with Gasteiger partial charge in [0.25, 0.3) is 0 Å². The molecule has 0 spiro atoms. The zero-order valence-corrected chi connectivity index (χ0v) is 15.8. The number of carbonyl (C=O) groups is 1. The highest BCUT2D eigenvalue weighted by Crippen LogP contribution is 2.18. The van der Waals surface area contributed by atoms with Gasteiger partial charge < -0.3 is 25.6 Å². The lowest BCUT2D eigenvalue weighted by molar-refractivity contribution is 0.191. The third kappa shape index (κ3) is 3.91. The van der Waals surface area contributed by atoms with Gasteiger partial charge in [-0.1, -0.05) is 12.1 Å². The second-order valence-electron chi connectivity index (χ2n) is 7.12. The van der Waals surface area contributed by atoms with Crippen LogP contribution >= 0.6 is 0 Å². The Morgan fingerprint density at radius 3 is 3.14 bits per heavy atom. The lowest BCUT2D eigenvalue weighted by Crippen LogP contribution is -2.42. The molecule has 4 N–H and O–H groups in total. The van der Waals surface area contributed by atoms with Gasteiger partial charge in [-0.2, -0.15) is 0 Å². The number of benzene rings is 1. The summed E-state index contributed by atoms with van der Waals surface area (Å²) in [4.78, 5) is 26.4. The van der Waals surface area contributed by atoms with Crippen molar-refractivity contribution >= 4 is 22.9 Å². The number of hydrogen-bond acceptors (Lipinski definition) is 5. The van der Waals surface area contributed by atoms with Crippen LogP contribution in [0.1, 0.15) is 23.7 Å². The second-order valence-corrected chi connectivity index (χ2v) is 7.12. The molecule has 0 saturated heterocycles. The molecule has 8 nitrogen and oxygen atoms in total. The maximum Gasteiger partial charge on any atom is 0.318 e. The fourth-order valence-electron chi connectivity index (χ4n) is 3.31. The number of aliphatic hydroxyl groups is 1. The van der Waals surface area contributed by atoms with E-state index in [1.54, 1.807) is 11.1 Å². The Morgan fingerprint density at radius 1 is 1.39 bits per heavy atom. The molecular formula is C20H24N6O2. The van der Waals surface area contributed by atoms with E-state index in [0.717, 1.165) is 34.1 Å². The van der Waals surface area contributed by atoms with Crippen LogP contribution in [0.15, 0.2) is 36.7 Å². The lowest BCUT2D eigenvalue weighted by Gasteiger charge is -2.28. The Balaban J connectivity index is 1.38. The molecule has 0 aliphatic carbocycles.